The van der Waals surface area contributed by atoms with Crippen molar-refractivity contribution in [2.45, 2.75) is 37.0 Å². The number of fused-ring (bicyclic) bond motifs is 5. The third-order valence-corrected chi connectivity index (χ3v) is 8.33. The van der Waals surface area contributed by atoms with Gasteiger partial charge >= 0.3 is 0 Å². The van der Waals surface area contributed by atoms with Crippen LogP contribution in [0.1, 0.15) is 18.9 Å². The van der Waals surface area contributed by atoms with Crippen molar-refractivity contribution in [3.8, 4) is 0 Å². The van der Waals surface area contributed by atoms with E-state index < -0.39 is 11.5 Å². The Labute approximate surface area is 147 Å². The van der Waals surface area contributed by atoms with Gasteiger partial charge in [-0.1, -0.05) is 18.2 Å². The van der Waals surface area contributed by atoms with Gasteiger partial charge in [-0.05, 0) is 37.9 Å². The lowest BCUT2D eigenvalue weighted by Crippen LogP contribution is -2.65. The molecule has 132 valence electrons. The number of benzene rings is 1. The average Bonchev–Trinajstić information content (AvgIpc) is 3.09. The summed E-state index contributed by atoms with van der Waals surface area (Å²) in [6, 6.07) is 8.40. The molecule has 5 bridgehead atoms. The van der Waals surface area contributed by atoms with Crippen LogP contribution in [0.5, 0.6) is 0 Å². The molecule has 8 atom stereocenters. The van der Waals surface area contributed by atoms with E-state index in [1.807, 2.05) is 25.1 Å². The van der Waals surface area contributed by atoms with Crippen molar-refractivity contribution in [1.29, 1.82) is 0 Å². The van der Waals surface area contributed by atoms with Gasteiger partial charge in [0, 0.05) is 35.5 Å². The third kappa shape index (κ3) is 1.30. The van der Waals surface area contributed by atoms with E-state index in [1.165, 1.54) is 0 Å². The summed E-state index contributed by atoms with van der Waals surface area (Å²) in [7, 11) is 2.16. The van der Waals surface area contributed by atoms with E-state index in [1.54, 1.807) is 0 Å². The molecular formula is C20H24N2O3. The van der Waals surface area contributed by atoms with Crippen molar-refractivity contribution in [2.75, 3.05) is 25.5 Å². The summed E-state index contributed by atoms with van der Waals surface area (Å²) in [6.45, 7) is 3.53. The highest BCUT2D eigenvalue weighted by Gasteiger charge is 2.81. The van der Waals surface area contributed by atoms with E-state index in [9.17, 15) is 9.90 Å². The summed E-state index contributed by atoms with van der Waals surface area (Å²) in [5, 5.41) is 14.1. The normalized spacial score (nSPS) is 50.4. The Hall–Kier alpha value is -1.43. The van der Waals surface area contributed by atoms with Gasteiger partial charge in [-0.3, -0.25) is 4.79 Å². The number of hydrogen-bond donors (Lipinski definition) is 2. The van der Waals surface area contributed by atoms with Crippen molar-refractivity contribution < 1.29 is 14.6 Å². The quantitative estimate of drug-likeness (QED) is 0.807. The molecule has 2 N–H and O–H groups in total. The Morgan fingerprint density at radius 2 is 2.20 bits per heavy atom. The standard InChI is InChI=1S/C20H24N2O3/c1-10(23)19-9-22(2)16-11-8-25-15(7-13(11)19)20(17(16)19)12-5-3-4-6-14(12)21-18(20)24/h3-6,10-11,13,15-17,23H,7-9H2,1-2H3,(H,21,24). The molecule has 6 rings (SSSR count). The highest BCUT2D eigenvalue weighted by molar-refractivity contribution is 6.07. The van der Waals surface area contributed by atoms with E-state index in [-0.39, 0.29) is 23.3 Å². The molecule has 3 aliphatic heterocycles. The summed E-state index contributed by atoms with van der Waals surface area (Å²) in [4.78, 5) is 15.9. The van der Waals surface area contributed by atoms with Crippen LogP contribution in [-0.2, 0) is 14.9 Å². The second kappa shape index (κ2) is 4.27. The van der Waals surface area contributed by atoms with Crippen LogP contribution >= 0.6 is 0 Å². The molecule has 0 radical (unpaired) electrons. The van der Waals surface area contributed by atoms with Gasteiger partial charge < -0.3 is 20.1 Å². The molecule has 5 heteroatoms. The summed E-state index contributed by atoms with van der Waals surface area (Å²) in [5.74, 6) is 1.08. The van der Waals surface area contributed by atoms with E-state index >= 15 is 0 Å². The van der Waals surface area contributed by atoms with Crippen molar-refractivity contribution in [3.05, 3.63) is 29.8 Å². The first-order chi connectivity index (χ1) is 12.0. The van der Waals surface area contributed by atoms with E-state index in [0.29, 0.717) is 24.5 Å². The Morgan fingerprint density at radius 1 is 1.40 bits per heavy atom. The maximum atomic E-state index is 13.5. The highest BCUT2D eigenvalue weighted by Crippen LogP contribution is 2.73. The van der Waals surface area contributed by atoms with Gasteiger partial charge in [-0.15, -0.1) is 0 Å². The molecule has 5 aliphatic rings. The number of piperidine rings is 1. The van der Waals surface area contributed by atoms with Crippen LogP contribution < -0.4 is 5.32 Å². The molecular weight excluding hydrogens is 316 g/mol. The molecule has 0 aromatic heterocycles. The Bertz CT molecular complexity index is 795. The fraction of sp³-hybridized carbons (Fsp3) is 0.650. The number of ether oxygens (including phenoxy) is 1. The molecule has 25 heavy (non-hydrogen) atoms. The maximum absolute atomic E-state index is 13.5. The van der Waals surface area contributed by atoms with Gasteiger partial charge in [0.25, 0.3) is 0 Å². The number of hydrogen-bond acceptors (Lipinski definition) is 4. The zero-order valence-electron chi connectivity index (χ0n) is 14.6. The summed E-state index contributed by atoms with van der Waals surface area (Å²) < 4.78 is 6.32. The number of nitrogens with one attached hydrogen (secondary N) is 1. The lowest BCUT2D eigenvalue weighted by Gasteiger charge is -2.56. The minimum atomic E-state index is -0.662. The Kier molecular flexibility index (Phi) is 2.51. The molecule has 3 heterocycles. The molecule has 1 aromatic carbocycles. The first-order valence-corrected chi connectivity index (χ1v) is 9.43. The minimum absolute atomic E-state index is 0.0780. The summed E-state index contributed by atoms with van der Waals surface area (Å²) in [5.41, 5.74) is 1.14. The number of carbonyl (C=O) groups is 1. The molecule has 1 aromatic rings. The second-order valence-corrected chi connectivity index (χ2v) is 8.87. The molecule has 2 saturated heterocycles. The summed E-state index contributed by atoms with van der Waals surface area (Å²) in [6.07, 6.45) is 0.389. The first kappa shape index (κ1) is 14.7. The van der Waals surface area contributed by atoms with Crippen molar-refractivity contribution in [2.24, 2.45) is 23.2 Å². The van der Waals surface area contributed by atoms with Crippen molar-refractivity contribution >= 4 is 11.6 Å². The third-order valence-electron chi connectivity index (χ3n) is 8.33. The van der Waals surface area contributed by atoms with E-state index in [4.69, 9.17) is 4.74 Å². The van der Waals surface area contributed by atoms with Crippen LogP contribution in [-0.4, -0.2) is 54.4 Å². The number of aliphatic hydroxyl groups excluding tert-OH is 1. The van der Waals surface area contributed by atoms with Crippen LogP contribution in [0.4, 0.5) is 5.69 Å². The predicted octanol–water partition coefficient (Wildman–Crippen LogP) is 1.22. The fourth-order valence-electron chi connectivity index (χ4n) is 7.74. The molecule has 4 fully saturated rings. The molecule has 8 unspecified atom stereocenters. The number of nitrogens with zero attached hydrogens (tertiary/aromatic N) is 1. The van der Waals surface area contributed by atoms with E-state index in [2.05, 4.69) is 23.3 Å². The molecule has 2 saturated carbocycles. The van der Waals surface area contributed by atoms with Gasteiger partial charge in [0.1, 0.15) is 5.41 Å². The molecule has 2 aliphatic carbocycles. The smallest absolute Gasteiger partial charge is 0.238 e. The number of para-hydroxylation sites is 1. The van der Waals surface area contributed by atoms with Crippen LogP contribution in [0.2, 0.25) is 0 Å². The number of likely N-dealkylation sites (tertiary alicyclic amines) is 1. The average molecular weight is 340 g/mol. The zero-order valence-corrected chi connectivity index (χ0v) is 14.6. The second-order valence-electron chi connectivity index (χ2n) is 8.87. The molecule has 5 nitrogen and oxygen atoms in total. The molecule has 1 amide bonds. The van der Waals surface area contributed by atoms with Crippen molar-refractivity contribution in [3.63, 3.8) is 0 Å². The highest BCUT2D eigenvalue weighted by atomic mass is 16.5. The maximum Gasteiger partial charge on any atom is 0.238 e. The lowest BCUT2D eigenvalue weighted by atomic mass is 9.50. The van der Waals surface area contributed by atoms with Gasteiger partial charge in [0.15, 0.2) is 0 Å². The number of carbonyl (C=O) groups excluding carboxylic acids is 1. The lowest BCUT2D eigenvalue weighted by molar-refractivity contribution is -0.179. The molecule has 1 spiro atoms. The van der Waals surface area contributed by atoms with Gasteiger partial charge in [-0.25, -0.2) is 0 Å². The van der Waals surface area contributed by atoms with Gasteiger partial charge in [-0.2, -0.15) is 0 Å². The number of rotatable bonds is 1. The number of aliphatic hydroxyl groups is 1. The number of amides is 1. The van der Waals surface area contributed by atoms with Gasteiger partial charge in [0.2, 0.25) is 5.91 Å². The topological polar surface area (TPSA) is 61.8 Å². The van der Waals surface area contributed by atoms with Crippen LogP contribution in [0.3, 0.4) is 0 Å². The number of anilines is 1. The fourth-order valence-corrected chi connectivity index (χ4v) is 7.74. The van der Waals surface area contributed by atoms with Crippen LogP contribution in [0.25, 0.3) is 0 Å². The van der Waals surface area contributed by atoms with Crippen molar-refractivity contribution in [1.82, 2.24) is 4.90 Å². The SMILES string of the molecule is CC(O)C12CN(C)C3C4COC(CC41)C1(C(=O)Nc4ccccc41)C32. The first-order valence-electron chi connectivity index (χ1n) is 9.43. The zero-order chi connectivity index (χ0) is 17.1. The predicted molar refractivity (Wildman–Crippen MR) is 92.1 cm³/mol. The summed E-state index contributed by atoms with van der Waals surface area (Å²) >= 11 is 0. The van der Waals surface area contributed by atoms with Crippen LogP contribution in [0, 0.1) is 23.2 Å². The largest absolute Gasteiger partial charge is 0.393 e. The van der Waals surface area contributed by atoms with Gasteiger partial charge in [0.05, 0.1) is 18.8 Å². The Morgan fingerprint density at radius 3 is 3.00 bits per heavy atom. The van der Waals surface area contributed by atoms with Crippen LogP contribution in [0.15, 0.2) is 24.3 Å². The monoisotopic (exact) mass is 340 g/mol. The minimum Gasteiger partial charge on any atom is -0.393 e. The van der Waals surface area contributed by atoms with E-state index in [0.717, 1.165) is 24.2 Å². The Balaban J connectivity index is 1.68.